The molecule has 2 aliphatic rings. The van der Waals surface area contributed by atoms with Crippen LogP contribution in [-0.2, 0) is 9.59 Å². The molecule has 272 valence electrons. The number of halogens is 2. The van der Waals surface area contributed by atoms with E-state index >= 15 is 0 Å². The molecule has 0 bridgehead atoms. The van der Waals surface area contributed by atoms with Crippen LogP contribution in [0.5, 0.6) is 0 Å². The van der Waals surface area contributed by atoms with E-state index < -0.39 is 0 Å². The van der Waals surface area contributed by atoms with E-state index in [0.717, 1.165) is 80.8 Å². The third-order valence-corrected chi connectivity index (χ3v) is 12.2. The first-order valence-electron chi connectivity index (χ1n) is 18.9. The van der Waals surface area contributed by atoms with E-state index in [-0.39, 0.29) is 11.8 Å². The van der Waals surface area contributed by atoms with Gasteiger partial charge < -0.3 is 9.80 Å². The highest BCUT2D eigenvalue weighted by Crippen LogP contribution is 2.42. The Morgan fingerprint density at radius 3 is 1.33 bits per heavy atom. The highest BCUT2D eigenvalue weighted by Gasteiger charge is 2.33. The van der Waals surface area contributed by atoms with Gasteiger partial charge in [0.05, 0.1) is 22.5 Å². The van der Waals surface area contributed by atoms with E-state index in [1.54, 1.807) is 22.7 Å². The minimum Gasteiger partial charge on any atom is -0.308 e. The van der Waals surface area contributed by atoms with Crippen LogP contribution in [0.4, 0.5) is 11.4 Å². The molecule has 4 nitrogen and oxygen atoms in total. The van der Waals surface area contributed by atoms with Crippen molar-refractivity contribution < 1.29 is 9.59 Å². The van der Waals surface area contributed by atoms with Gasteiger partial charge in [0.15, 0.2) is 0 Å². The Morgan fingerprint density at radius 1 is 0.519 bits per heavy atom. The lowest BCUT2D eigenvalue weighted by atomic mass is 10.1. The number of carbonyl (C=O) groups is 2. The summed E-state index contributed by atoms with van der Waals surface area (Å²) in [5, 5.41) is 1.27. The van der Waals surface area contributed by atoms with Crippen molar-refractivity contribution in [3.63, 3.8) is 0 Å². The summed E-state index contributed by atoms with van der Waals surface area (Å²) in [6, 6.07) is 19.9. The fourth-order valence-corrected chi connectivity index (χ4v) is 9.06. The third kappa shape index (κ3) is 9.38. The van der Waals surface area contributed by atoms with Crippen molar-refractivity contribution in [3.8, 4) is 0 Å². The van der Waals surface area contributed by atoms with Crippen LogP contribution in [0, 0.1) is 0 Å². The van der Waals surface area contributed by atoms with Gasteiger partial charge in [-0.1, -0.05) is 101 Å². The van der Waals surface area contributed by atoms with Gasteiger partial charge in [0.25, 0.3) is 11.8 Å². The Kier molecular flexibility index (Phi) is 13.7. The fourth-order valence-electron chi connectivity index (χ4n) is 7.00. The van der Waals surface area contributed by atoms with Gasteiger partial charge in [-0.05, 0) is 97.8 Å². The molecule has 2 amide bonds. The molecule has 0 radical (unpaired) electrons. The maximum absolute atomic E-state index is 13.7. The monoisotopic (exact) mass is 770 g/mol. The minimum absolute atomic E-state index is 0.0488. The number of hydrogen-bond donors (Lipinski definition) is 0. The number of carbonyl (C=O) groups excluding carboxylic acids is 2. The molecule has 0 atom stereocenters. The standard InChI is InChI=1S/C44H48Cl2N2O2S2/c1-3-5-7-9-11-13-25-47-41-23-15-31(45)27-37(41)39(43(47)49)29-35-21-19-33(51-35)17-18-34-20-22-36(52-34)30-40-38-28-32(46)16-24-42(38)48(44(40)50)26-14-12-10-8-6-4-2/h15-24,27-30H,3-14,25-26H2,1-2H3/b18-17+,39-29-,40-30-. The zero-order valence-corrected chi connectivity index (χ0v) is 33.4. The predicted molar refractivity (Wildman–Crippen MR) is 228 cm³/mol. The zero-order chi connectivity index (χ0) is 36.5. The second-order valence-corrected chi connectivity index (χ2v) is 16.9. The fraction of sp³-hybridized carbons (Fsp3) is 0.364. The molecule has 0 saturated heterocycles. The van der Waals surface area contributed by atoms with E-state index in [9.17, 15) is 9.59 Å². The van der Waals surface area contributed by atoms with Gasteiger partial charge in [0.1, 0.15) is 0 Å². The number of rotatable bonds is 18. The molecular weight excluding hydrogens is 724 g/mol. The first kappa shape index (κ1) is 38.3. The Bertz CT molecular complexity index is 1830. The Balaban J connectivity index is 1.12. The Labute approximate surface area is 327 Å². The first-order valence-corrected chi connectivity index (χ1v) is 21.3. The third-order valence-electron chi connectivity index (χ3n) is 9.78. The number of nitrogens with zero attached hydrogens (tertiary/aromatic N) is 2. The number of thiophene rings is 2. The summed E-state index contributed by atoms with van der Waals surface area (Å²) in [6.07, 6.45) is 22.4. The quantitative estimate of drug-likeness (QED) is 0.0747. The molecule has 6 rings (SSSR count). The second-order valence-electron chi connectivity index (χ2n) is 13.7. The molecule has 0 fully saturated rings. The van der Waals surface area contributed by atoms with E-state index in [1.165, 1.54) is 51.4 Å². The van der Waals surface area contributed by atoms with Gasteiger partial charge in [-0.25, -0.2) is 0 Å². The molecule has 52 heavy (non-hydrogen) atoms. The van der Waals surface area contributed by atoms with Crippen LogP contribution in [0.15, 0.2) is 60.7 Å². The molecule has 0 aliphatic carbocycles. The molecule has 0 spiro atoms. The van der Waals surface area contributed by atoms with Crippen molar-refractivity contribution in [1.29, 1.82) is 0 Å². The molecule has 0 saturated carbocycles. The number of benzene rings is 2. The van der Waals surface area contributed by atoms with E-state index in [0.29, 0.717) is 21.2 Å². The molecule has 0 unspecified atom stereocenters. The lowest BCUT2D eigenvalue weighted by Gasteiger charge is -2.17. The lowest BCUT2D eigenvalue weighted by Crippen LogP contribution is -2.27. The van der Waals surface area contributed by atoms with Crippen LogP contribution in [0.25, 0.3) is 35.5 Å². The minimum atomic E-state index is 0.0488. The van der Waals surface area contributed by atoms with Gasteiger partial charge in [-0.2, -0.15) is 0 Å². The number of hydrogen-bond acceptors (Lipinski definition) is 4. The summed E-state index contributed by atoms with van der Waals surface area (Å²) in [4.78, 5) is 35.4. The average Bonchev–Trinajstić information content (AvgIpc) is 3.90. The number of fused-ring (bicyclic) bond motifs is 2. The molecule has 2 aromatic carbocycles. The van der Waals surface area contributed by atoms with Crippen molar-refractivity contribution in [3.05, 3.63) is 101 Å². The van der Waals surface area contributed by atoms with Crippen molar-refractivity contribution in [2.24, 2.45) is 0 Å². The van der Waals surface area contributed by atoms with E-state index in [4.69, 9.17) is 23.2 Å². The van der Waals surface area contributed by atoms with Crippen molar-refractivity contribution in [1.82, 2.24) is 0 Å². The lowest BCUT2D eigenvalue weighted by molar-refractivity contribution is -0.113. The molecule has 2 aromatic heterocycles. The number of unbranched alkanes of at least 4 members (excludes halogenated alkanes) is 10. The second kappa shape index (κ2) is 18.6. The highest BCUT2D eigenvalue weighted by atomic mass is 35.5. The van der Waals surface area contributed by atoms with Crippen LogP contribution >= 0.6 is 45.9 Å². The first-order chi connectivity index (χ1) is 25.4. The molecule has 8 heteroatoms. The summed E-state index contributed by atoms with van der Waals surface area (Å²) < 4.78 is 0. The zero-order valence-electron chi connectivity index (χ0n) is 30.3. The normalized spacial score (nSPS) is 15.6. The van der Waals surface area contributed by atoms with Crippen LogP contribution in [0.1, 0.15) is 122 Å². The summed E-state index contributed by atoms with van der Waals surface area (Å²) in [5.74, 6) is 0.0976. The smallest absolute Gasteiger partial charge is 0.259 e. The SMILES string of the molecule is CCCCCCCCN1C(=O)/C(=C\c2ccc(/C=C/c3ccc(/C=C4\C(=O)N(CCCCCCCC)c5ccc(Cl)cc54)s3)s2)c2cc(Cl)ccc21. The summed E-state index contributed by atoms with van der Waals surface area (Å²) in [5.41, 5.74) is 5.12. The van der Waals surface area contributed by atoms with Gasteiger partial charge in [0, 0.05) is 53.8 Å². The largest absolute Gasteiger partial charge is 0.308 e. The van der Waals surface area contributed by atoms with E-state index in [2.05, 4.69) is 50.3 Å². The maximum Gasteiger partial charge on any atom is 0.259 e. The van der Waals surface area contributed by atoms with E-state index in [1.807, 2.05) is 58.4 Å². The Morgan fingerprint density at radius 2 is 0.904 bits per heavy atom. The Hall–Kier alpha value is -3.42. The average molecular weight is 772 g/mol. The molecule has 4 heterocycles. The molecule has 2 aliphatic heterocycles. The van der Waals surface area contributed by atoms with Gasteiger partial charge >= 0.3 is 0 Å². The van der Waals surface area contributed by atoms with Crippen molar-refractivity contribution in [2.75, 3.05) is 22.9 Å². The van der Waals surface area contributed by atoms with Crippen molar-refractivity contribution >= 4 is 105 Å². The topological polar surface area (TPSA) is 40.6 Å². The molecule has 0 N–H and O–H groups in total. The van der Waals surface area contributed by atoms with Crippen LogP contribution < -0.4 is 9.80 Å². The predicted octanol–water partition coefficient (Wildman–Crippen LogP) is 13.8. The van der Waals surface area contributed by atoms with Gasteiger partial charge in [-0.3, -0.25) is 9.59 Å². The summed E-state index contributed by atoms with van der Waals surface area (Å²) in [6.45, 7) is 5.90. The van der Waals surface area contributed by atoms with Gasteiger partial charge in [0.2, 0.25) is 0 Å². The summed E-state index contributed by atoms with van der Waals surface area (Å²) >= 11 is 16.1. The molecule has 4 aromatic rings. The van der Waals surface area contributed by atoms with Crippen molar-refractivity contribution in [2.45, 2.75) is 90.9 Å². The summed E-state index contributed by atoms with van der Waals surface area (Å²) in [7, 11) is 0. The molecular formula is C44H48Cl2N2O2S2. The maximum atomic E-state index is 13.7. The number of amides is 2. The van der Waals surface area contributed by atoms with Crippen LogP contribution in [0.2, 0.25) is 10.0 Å². The van der Waals surface area contributed by atoms with Crippen LogP contribution in [0.3, 0.4) is 0 Å². The highest BCUT2D eigenvalue weighted by molar-refractivity contribution is 7.14. The van der Waals surface area contributed by atoms with Crippen LogP contribution in [-0.4, -0.2) is 24.9 Å². The van der Waals surface area contributed by atoms with Gasteiger partial charge in [-0.15, -0.1) is 22.7 Å². The number of anilines is 2.